The lowest BCUT2D eigenvalue weighted by Crippen LogP contribution is -1.92. The molecule has 0 aliphatic carbocycles. The SMILES string of the molecule is Cc1ccc(-c2[nH]ncc2C=C(Br)C(=O)O)cc1. The number of carbonyl (C=O) groups is 1. The number of nitrogens with one attached hydrogen (secondary N) is 1. The standard InChI is InChI=1S/C13H11BrN2O2/c1-8-2-4-9(5-3-8)12-10(7-15-16-12)6-11(14)13(17)18/h2-7H,1H3,(H,15,16)(H,17,18). The number of aromatic amines is 1. The number of aliphatic carboxylic acids is 1. The van der Waals surface area contributed by atoms with E-state index in [9.17, 15) is 4.79 Å². The zero-order chi connectivity index (χ0) is 13.1. The van der Waals surface area contributed by atoms with Gasteiger partial charge < -0.3 is 5.11 Å². The largest absolute Gasteiger partial charge is 0.477 e. The number of H-pyrrole nitrogens is 1. The van der Waals surface area contributed by atoms with Crippen LogP contribution in [0.25, 0.3) is 17.3 Å². The summed E-state index contributed by atoms with van der Waals surface area (Å²) in [4.78, 5) is 10.8. The average molecular weight is 307 g/mol. The van der Waals surface area contributed by atoms with Crippen LogP contribution in [0.5, 0.6) is 0 Å². The number of carboxylic acid groups (broad SMARTS) is 1. The van der Waals surface area contributed by atoms with Gasteiger partial charge in [-0.2, -0.15) is 5.10 Å². The fourth-order valence-corrected chi connectivity index (χ4v) is 1.80. The quantitative estimate of drug-likeness (QED) is 0.856. The second-order valence-corrected chi connectivity index (χ2v) is 4.72. The number of nitrogens with zero attached hydrogens (tertiary/aromatic N) is 1. The molecule has 1 aromatic heterocycles. The number of rotatable bonds is 3. The van der Waals surface area contributed by atoms with Gasteiger partial charge in [0, 0.05) is 11.1 Å². The number of hydrogen-bond acceptors (Lipinski definition) is 2. The van der Waals surface area contributed by atoms with Crippen LogP contribution in [0.2, 0.25) is 0 Å². The minimum Gasteiger partial charge on any atom is -0.477 e. The topological polar surface area (TPSA) is 66.0 Å². The molecule has 4 nitrogen and oxygen atoms in total. The van der Waals surface area contributed by atoms with E-state index in [1.54, 1.807) is 6.20 Å². The van der Waals surface area contributed by atoms with Gasteiger partial charge in [0.2, 0.25) is 0 Å². The molecular weight excluding hydrogens is 296 g/mol. The van der Waals surface area contributed by atoms with Crippen molar-refractivity contribution in [2.75, 3.05) is 0 Å². The first-order valence-electron chi connectivity index (χ1n) is 5.29. The van der Waals surface area contributed by atoms with E-state index in [0.29, 0.717) is 0 Å². The molecule has 2 aromatic rings. The van der Waals surface area contributed by atoms with Crippen molar-refractivity contribution in [2.24, 2.45) is 0 Å². The van der Waals surface area contributed by atoms with Gasteiger partial charge in [0.25, 0.3) is 0 Å². The van der Waals surface area contributed by atoms with Crippen LogP contribution in [0.1, 0.15) is 11.1 Å². The maximum atomic E-state index is 10.8. The van der Waals surface area contributed by atoms with Gasteiger partial charge in [-0.3, -0.25) is 5.10 Å². The van der Waals surface area contributed by atoms with Crippen LogP contribution in [0.15, 0.2) is 34.9 Å². The minimum absolute atomic E-state index is 0.0947. The fourth-order valence-electron chi connectivity index (χ4n) is 1.55. The molecule has 0 saturated carbocycles. The third kappa shape index (κ3) is 2.68. The third-order valence-corrected chi connectivity index (χ3v) is 3.06. The summed E-state index contributed by atoms with van der Waals surface area (Å²) >= 11 is 3.00. The summed E-state index contributed by atoms with van der Waals surface area (Å²) in [7, 11) is 0. The first-order valence-corrected chi connectivity index (χ1v) is 6.08. The molecule has 1 heterocycles. The molecule has 0 aliphatic heterocycles. The predicted molar refractivity (Wildman–Crippen MR) is 73.3 cm³/mol. The van der Waals surface area contributed by atoms with Crippen molar-refractivity contribution in [3.63, 3.8) is 0 Å². The van der Waals surface area contributed by atoms with Crippen LogP contribution in [0.3, 0.4) is 0 Å². The molecule has 0 fully saturated rings. The molecule has 18 heavy (non-hydrogen) atoms. The van der Waals surface area contributed by atoms with Gasteiger partial charge in [-0.15, -0.1) is 0 Å². The Morgan fingerprint density at radius 2 is 2.06 bits per heavy atom. The second kappa shape index (κ2) is 5.18. The highest BCUT2D eigenvalue weighted by Crippen LogP contribution is 2.24. The summed E-state index contributed by atoms with van der Waals surface area (Å²) in [5.41, 5.74) is 3.67. The molecule has 5 heteroatoms. The van der Waals surface area contributed by atoms with E-state index >= 15 is 0 Å². The first kappa shape index (κ1) is 12.6. The zero-order valence-corrected chi connectivity index (χ0v) is 11.2. The Hall–Kier alpha value is -1.88. The lowest BCUT2D eigenvalue weighted by molar-refractivity contribution is -0.131. The van der Waals surface area contributed by atoms with Gasteiger partial charge in [-0.05, 0) is 28.9 Å². The highest BCUT2D eigenvalue weighted by molar-refractivity contribution is 9.12. The number of halogens is 1. The molecule has 2 rings (SSSR count). The third-order valence-electron chi connectivity index (χ3n) is 2.50. The number of aryl methyl sites for hydroxylation is 1. The second-order valence-electron chi connectivity index (χ2n) is 3.86. The van der Waals surface area contributed by atoms with Crippen molar-refractivity contribution in [3.8, 4) is 11.3 Å². The monoisotopic (exact) mass is 306 g/mol. The molecular formula is C13H11BrN2O2. The smallest absolute Gasteiger partial charge is 0.342 e. The lowest BCUT2D eigenvalue weighted by Gasteiger charge is -2.01. The van der Waals surface area contributed by atoms with Crippen LogP contribution in [0.4, 0.5) is 0 Å². The summed E-state index contributed by atoms with van der Waals surface area (Å²) in [6.07, 6.45) is 3.13. The van der Waals surface area contributed by atoms with Crippen LogP contribution in [-0.2, 0) is 4.79 Å². The maximum Gasteiger partial charge on any atom is 0.342 e. The maximum absolute atomic E-state index is 10.8. The molecule has 0 spiro atoms. The molecule has 0 saturated heterocycles. The van der Waals surface area contributed by atoms with E-state index in [0.717, 1.165) is 16.8 Å². The van der Waals surface area contributed by atoms with E-state index in [2.05, 4.69) is 26.1 Å². The Morgan fingerprint density at radius 1 is 1.39 bits per heavy atom. The number of benzene rings is 1. The van der Waals surface area contributed by atoms with Crippen LogP contribution in [-0.4, -0.2) is 21.3 Å². The summed E-state index contributed by atoms with van der Waals surface area (Å²) in [6, 6.07) is 7.93. The van der Waals surface area contributed by atoms with Gasteiger partial charge in [-0.25, -0.2) is 4.79 Å². The van der Waals surface area contributed by atoms with Crippen molar-refractivity contribution in [3.05, 3.63) is 46.1 Å². The summed E-state index contributed by atoms with van der Waals surface area (Å²) < 4.78 is 0.0947. The summed E-state index contributed by atoms with van der Waals surface area (Å²) in [5.74, 6) is -1.01. The Balaban J connectivity index is 2.42. The molecule has 0 radical (unpaired) electrons. The van der Waals surface area contributed by atoms with Crippen molar-refractivity contribution in [1.82, 2.24) is 10.2 Å². The van der Waals surface area contributed by atoms with E-state index in [-0.39, 0.29) is 4.48 Å². The number of aromatic nitrogens is 2. The first-order chi connectivity index (χ1) is 8.58. The van der Waals surface area contributed by atoms with Gasteiger partial charge in [0.05, 0.1) is 11.9 Å². The average Bonchev–Trinajstić information content (AvgIpc) is 2.78. The van der Waals surface area contributed by atoms with Gasteiger partial charge >= 0.3 is 5.97 Å². The fraction of sp³-hybridized carbons (Fsp3) is 0.0769. The Morgan fingerprint density at radius 3 is 2.67 bits per heavy atom. The van der Waals surface area contributed by atoms with Crippen molar-refractivity contribution < 1.29 is 9.90 Å². The van der Waals surface area contributed by atoms with E-state index < -0.39 is 5.97 Å². The van der Waals surface area contributed by atoms with E-state index in [1.807, 2.05) is 31.2 Å². The Labute approximate surface area is 112 Å². The summed E-state index contributed by atoms with van der Waals surface area (Å²) in [5, 5.41) is 15.7. The van der Waals surface area contributed by atoms with Crippen LogP contribution in [0, 0.1) is 6.92 Å². The lowest BCUT2D eigenvalue weighted by atomic mass is 10.1. The Bertz CT molecular complexity index is 600. The van der Waals surface area contributed by atoms with E-state index in [4.69, 9.17) is 5.11 Å². The van der Waals surface area contributed by atoms with Crippen molar-refractivity contribution in [2.45, 2.75) is 6.92 Å². The molecule has 0 aliphatic rings. The molecule has 2 N–H and O–H groups in total. The number of carboxylic acids is 1. The molecule has 0 amide bonds. The normalized spacial score (nSPS) is 11.6. The minimum atomic E-state index is -1.01. The summed E-state index contributed by atoms with van der Waals surface area (Å²) in [6.45, 7) is 2.01. The zero-order valence-electron chi connectivity index (χ0n) is 9.64. The highest BCUT2D eigenvalue weighted by Gasteiger charge is 2.08. The van der Waals surface area contributed by atoms with Gasteiger partial charge in [0.15, 0.2) is 0 Å². The molecule has 0 atom stereocenters. The van der Waals surface area contributed by atoms with Crippen LogP contribution < -0.4 is 0 Å². The number of hydrogen-bond donors (Lipinski definition) is 2. The van der Waals surface area contributed by atoms with Crippen molar-refractivity contribution >= 4 is 28.0 Å². The van der Waals surface area contributed by atoms with Gasteiger partial charge in [-0.1, -0.05) is 29.8 Å². The predicted octanol–water partition coefficient (Wildman–Crippen LogP) is 3.21. The van der Waals surface area contributed by atoms with E-state index in [1.165, 1.54) is 11.6 Å². The molecule has 1 aromatic carbocycles. The van der Waals surface area contributed by atoms with Gasteiger partial charge in [0.1, 0.15) is 4.48 Å². The van der Waals surface area contributed by atoms with Crippen molar-refractivity contribution in [1.29, 1.82) is 0 Å². The molecule has 0 unspecified atom stereocenters. The molecule has 92 valence electrons. The van der Waals surface area contributed by atoms with Crippen LogP contribution >= 0.6 is 15.9 Å². The highest BCUT2D eigenvalue weighted by atomic mass is 79.9. The molecule has 0 bridgehead atoms. The Kier molecular flexibility index (Phi) is 3.62.